The van der Waals surface area contributed by atoms with Gasteiger partial charge >= 0.3 is 0 Å². The molecular weight excluding hydrogens is 276 g/mol. The van der Waals surface area contributed by atoms with Crippen LogP contribution < -0.4 is 10.5 Å². The van der Waals surface area contributed by atoms with Crippen LogP contribution in [0, 0.1) is 0 Å². The molecule has 20 heavy (non-hydrogen) atoms. The normalized spacial score (nSPS) is 21.2. The zero-order chi connectivity index (χ0) is 14.1. The van der Waals surface area contributed by atoms with Gasteiger partial charge in [0.15, 0.2) is 0 Å². The van der Waals surface area contributed by atoms with Gasteiger partial charge in [0, 0.05) is 29.7 Å². The van der Waals surface area contributed by atoms with E-state index in [2.05, 4.69) is 0 Å². The number of hydrogen-bond acceptors (Lipinski definition) is 3. The first kappa shape index (κ1) is 13.5. The van der Waals surface area contributed by atoms with Crippen molar-refractivity contribution in [1.29, 1.82) is 0 Å². The summed E-state index contributed by atoms with van der Waals surface area (Å²) in [7, 11) is 0. The number of amides is 1. The largest absolute Gasteiger partial charge is 0.488 e. The number of fused-ring (bicyclic) bond motifs is 1. The molecule has 4 nitrogen and oxygen atoms in total. The van der Waals surface area contributed by atoms with Gasteiger partial charge in [-0.15, -0.1) is 0 Å². The van der Waals surface area contributed by atoms with Crippen LogP contribution in [-0.4, -0.2) is 36.5 Å². The van der Waals surface area contributed by atoms with Crippen molar-refractivity contribution < 1.29 is 9.53 Å². The first-order chi connectivity index (χ1) is 9.69. The van der Waals surface area contributed by atoms with Gasteiger partial charge in [0.25, 0.3) is 5.91 Å². The Kier molecular flexibility index (Phi) is 3.68. The summed E-state index contributed by atoms with van der Waals surface area (Å²) in [6.45, 7) is 1.60. The molecule has 0 aromatic heterocycles. The summed E-state index contributed by atoms with van der Waals surface area (Å²) in [4.78, 5) is 14.4. The number of carbonyl (C=O) groups excluding carboxylic acids is 1. The van der Waals surface area contributed by atoms with E-state index in [0.29, 0.717) is 23.7 Å². The van der Waals surface area contributed by atoms with E-state index in [0.717, 1.165) is 30.7 Å². The summed E-state index contributed by atoms with van der Waals surface area (Å²) >= 11 is 5.98. The zero-order valence-corrected chi connectivity index (χ0v) is 11.9. The van der Waals surface area contributed by atoms with Gasteiger partial charge in [-0.05, 0) is 37.1 Å². The number of halogens is 1. The van der Waals surface area contributed by atoms with Crippen molar-refractivity contribution in [3.8, 4) is 5.75 Å². The molecule has 1 saturated heterocycles. The number of nitrogens with zero attached hydrogens (tertiary/aromatic N) is 1. The Morgan fingerprint density at radius 2 is 2.35 bits per heavy atom. The van der Waals surface area contributed by atoms with Crippen molar-refractivity contribution in [3.63, 3.8) is 0 Å². The van der Waals surface area contributed by atoms with Gasteiger partial charge in [0.05, 0.1) is 5.57 Å². The van der Waals surface area contributed by atoms with Crippen LogP contribution in [0.3, 0.4) is 0 Å². The Balaban J connectivity index is 1.86. The maximum atomic E-state index is 12.6. The van der Waals surface area contributed by atoms with Gasteiger partial charge in [-0.1, -0.05) is 11.6 Å². The number of likely N-dealkylation sites (tertiary alicyclic amines) is 1. The molecule has 0 spiro atoms. The Hall–Kier alpha value is -1.52. The molecule has 1 aromatic carbocycles. The maximum Gasteiger partial charge on any atom is 0.253 e. The Bertz CT molecular complexity index is 571. The molecule has 5 heteroatoms. The number of carbonyl (C=O) groups is 1. The molecular formula is C15H17ClN2O2. The van der Waals surface area contributed by atoms with Crippen LogP contribution in [0.25, 0.3) is 6.08 Å². The second-order valence-electron chi connectivity index (χ2n) is 5.17. The quantitative estimate of drug-likeness (QED) is 0.908. The van der Waals surface area contributed by atoms with Crippen LogP contribution in [0.15, 0.2) is 23.8 Å². The molecule has 0 aliphatic carbocycles. The molecule has 2 N–H and O–H groups in total. The standard InChI is InChI=1S/C15H17ClN2O2/c16-12-3-4-14-10(7-12)6-11(9-20-14)15(19)18-5-1-2-13(18)8-17/h3-4,6-7,13H,1-2,5,8-9,17H2. The molecule has 2 aliphatic heterocycles. The van der Waals surface area contributed by atoms with Crippen LogP contribution in [0.5, 0.6) is 5.75 Å². The van der Waals surface area contributed by atoms with Gasteiger partial charge in [0.1, 0.15) is 12.4 Å². The monoisotopic (exact) mass is 292 g/mol. The first-order valence-corrected chi connectivity index (χ1v) is 7.21. The summed E-state index contributed by atoms with van der Waals surface area (Å²) in [5.74, 6) is 0.798. The van der Waals surface area contributed by atoms with E-state index >= 15 is 0 Å². The first-order valence-electron chi connectivity index (χ1n) is 6.83. The minimum atomic E-state index is 0.0311. The third kappa shape index (κ3) is 2.41. The van der Waals surface area contributed by atoms with Crippen molar-refractivity contribution in [2.45, 2.75) is 18.9 Å². The molecule has 2 aliphatic rings. The van der Waals surface area contributed by atoms with Gasteiger partial charge in [-0.3, -0.25) is 4.79 Å². The van der Waals surface area contributed by atoms with Crippen LogP contribution >= 0.6 is 11.6 Å². The number of benzene rings is 1. The highest BCUT2D eigenvalue weighted by Gasteiger charge is 2.30. The molecule has 0 radical (unpaired) electrons. The molecule has 106 valence electrons. The number of hydrogen-bond donors (Lipinski definition) is 1. The lowest BCUT2D eigenvalue weighted by molar-refractivity contribution is -0.128. The van der Waals surface area contributed by atoms with Gasteiger partial charge < -0.3 is 15.4 Å². The predicted octanol–water partition coefficient (Wildman–Crippen LogP) is 2.07. The summed E-state index contributed by atoms with van der Waals surface area (Å²) in [5, 5.41) is 0.637. The van der Waals surface area contributed by atoms with Gasteiger partial charge in [-0.25, -0.2) is 0 Å². The zero-order valence-electron chi connectivity index (χ0n) is 11.1. The lowest BCUT2D eigenvalue weighted by atomic mass is 10.1. The third-order valence-corrected chi connectivity index (χ3v) is 4.10. The van der Waals surface area contributed by atoms with Crippen LogP contribution in [-0.2, 0) is 4.79 Å². The van der Waals surface area contributed by atoms with E-state index in [1.807, 2.05) is 23.1 Å². The molecule has 2 heterocycles. The number of nitrogens with two attached hydrogens (primary N) is 1. The van der Waals surface area contributed by atoms with E-state index in [9.17, 15) is 4.79 Å². The maximum absolute atomic E-state index is 12.6. The SMILES string of the molecule is NCC1CCCN1C(=O)C1=Cc2cc(Cl)ccc2OC1. The number of ether oxygens (including phenoxy) is 1. The lowest BCUT2D eigenvalue weighted by Gasteiger charge is -2.26. The van der Waals surface area contributed by atoms with Crippen molar-refractivity contribution in [2.24, 2.45) is 5.73 Å². The highest BCUT2D eigenvalue weighted by Crippen LogP contribution is 2.30. The Morgan fingerprint density at radius 1 is 1.50 bits per heavy atom. The summed E-state index contributed by atoms with van der Waals surface area (Å²) in [6.07, 6.45) is 3.88. The third-order valence-electron chi connectivity index (χ3n) is 3.87. The van der Waals surface area contributed by atoms with E-state index in [1.165, 1.54) is 0 Å². The molecule has 1 aromatic rings. The van der Waals surface area contributed by atoms with Crippen LogP contribution in [0.2, 0.25) is 5.02 Å². The van der Waals surface area contributed by atoms with E-state index in [4.69, 9.17) is 22.1 Å². The van der Waals surface area contributed by atoms with Gasteiger partial charge in [0.2, 0.25) is 0 Å². The number of rotatable bonds is 2. The van der Waals surface area contributed by atoms with E-state index in [1.54, 1.807) is 6.07 Å². The van der Waals surface area contributed by atoms with Crippen LogP contribution in [0.1, 0.15) is 18.4 Å². The summed E-state index contributed by atoms with van der Waals surface area (Å²) in [5.41, 5.74) is 7.25. The van der Waals surface area contributed by atoms with E-state index < -0.39 is 0 Å². The molecule has 1 amide bonds. The second kappa shape index (κ2) is 5.46. The van der Waals surface area contributed by atoms with Crippen molar-refractivity contribution in [3.05, 3.63) is 34.4 Å². The summed E-state index contributed by atoms with van der Waals surface area (Å²) in [6, 6.07) is 5.58. The molecule has 0 saturated carbocycles. The lowest BCUT2D eigenvalue weighted by Crippen LogP contribution is -2.41. The fourth-order valence-corrected chi connectivity index (χ4v) is 2.99. The van der Waals surface area contributed by atoms with Crippen molar-refractivity contribution in [1.82, 2.24) is 4.90 Å². The molecule has 1 fully saturated rings. The molecule has 0 bridgehead atoms. The summed E-state index contributed by atoms with van der Waals surface area (Å²) < 4.78 is 5.63. The molecule has 1 atom stereocenters. The highest BCUT2D eigenvalue weighted by atomic mass is 35.5. The molecule has 3 rings (SSSR count). The average Bonchev–Trinajstić information content (AvgIpc) is 2.94. The molecule has 1 unspecified atom stereocenters. The topological polar surface area (TPSA) is 55.6 Å². The smallest absolute Gasteiger partial charge is 0.253 e. The predicted molar refractivity (Wildman–Crippen MR) is 78.7 cm³/mol. The van der Waals surface area contributed by atoms with Gasteiger partial charge in [-0.2, -0.15) is 0 Å². The average molecular weight is 293 g/mol. The highest BCUT2D eigenvalue weighted by molar-refractivity contribution is 6.30. The fourth-order valence-electron chi connectivity index (χ4n) is 2.80. The Labute approximate surface area is 123 Å². The minimum Gasteiger partial charge on any atom is -0.488 e. The van der Waals surface area contributed by atoms with Crippen molar-refractivity contribution in [2.75, 3.05) is 19.7 Å². The second-order valence-corrected chi connectivity index (χ2v) is 5.61. The Morgan fingerprint density at radius 3 is 3.15 bits per heavy atom. The minimum absolute atomic E-state index is 0.0311. The van der Waals surface area contributed by atoms with Crippen molar-refractivity contribution >= 4 is 23.6 Å². The van der Waals surface area contributed by atoms with Crippen LogP contribution in [0.4, 0.5) is 0 Å². The van der Waals surface area contributed by atoms with E-state index in [-0.39, 0.29) is 11.9 Å². The fraction of sp³-hybridized carbons (Fsp3) is 0.400.